The number of hydrogen-bond donors (Lipinski definition) is 1. The first-order valence-corrected chi connectivity index (χ1v) is 11.4. The van der Waals surface area contributed by atoms with Crippen LogP contribution in [-0.2, 0) is 31.6 Å². The first-order chi connectivity index (χ1) is 14.1. The van der Waals surface area contributed by atoms with E-state index in [1.807, 2.05) is 48.5 Å². The molecule has 5 nitrogen and oxygen atoms in total. The molecule has 3 aromatic rings. The fraction of sp³-hybridized carbons (Fsp3) is 0.292. The molecule has 30 heavy (non-hydrogen) atoms. The van der Waals surface area contributed by atoms with Crippen LogP contribution in [0.15, 0.2) is 71.6 Å². The maximum atomic E-state index is 12.5. The van der Waals surface area contributed by atoms with E-state index in [1.54, 1.807) is 18.2 Å². The molecule has 0 aliphatic heterocycles. The number of nitrogens with one attached hydrogen (secondary N) is 1. The second-order valence-electron chi connectivity index (χ2n) is 8.26. The van der Waals surface area contributed by atoms with Crippen molar-refractivity contribution >= 4 is 26.8 Å². The van der Waals surface area contributed by atoms with Gasteiger partial charge < -0.3 is 4.74 Å². The minimum absolute atomic E-state index is 0.0169. The number of sulfonamides is 1. The molecule has 6 heteroatoms. The highest BCUT2D eigenvalue weighted by molar-refractivity contribution is 7.89. The summed E-state index contributed by atoms with van der Waals surface area (Å²) >= 11 is 0. The molecular formula is C24H27NO4S. The predicted molar refractivity (Wildman–Crippen MR) is 119 cm³/mol. The Morgan fingerprint density at radius 2 is 1.60 bits per heavy atom. The fourth-order valence-corrected chi connectivity index (χ4v) is 4.11. The summed E-state index contributed by atoms with van der Waals surface area (Å²) in [6, 6.07) is 20.4. The molecule has 158 valence electrons. The highest BCUT2D eigenvalue weighted by Gasteiger charge is 2.16. The average Bonchev–Trinajstić information content (AvgIpc) is 2.71. The maximum absolute atomic E-state index is 12.5. The van der Waals surface area contributed by atoms with E-state index in [0.29, 0.717) is 0 Å². The van der Waals surface area contributed by atoms with Crippen LogP contribution in [0.5, 0.6) is 0 Å². The Morgan fingerprint density at radius 3 is 2.27 bits per heavy atom. The van der Waals surface area contributed by atoms with Crippen molar-refractivity contribution in [2.24, 2.45) is 0 Å². The number of ether oxygens (including phenoxy) is 1. The quantitative estimate of drug-likeness (QED) is 0.564. The zero-order valence-corrected chi connectivity index (χ0v) is 18.3. The van der Waals surface area contributed by atoms with Crippen LogP contribution in [-0.4, -0.2) is 20.9 Å². The minimum Gasteiger partial charge on any atom is -0.461 e. The van der Waals surface area contributed by atoms with E-state index in [-0.39, 0.29) is 29.9 Å². The topological polar surface area (TPSA) is 72.5 Å². The number of carbonyl (C=O) groups is 1. The van der Waals surface area contributed by atoms with E-state index >= 15 is 0 Å². The lowest BCUT2D eigenvalue weighted by atomic mass is 9.87. The molecule has 0 saturated heterocycles. The van der Waals surface area contributed by atoms with E-state index < -0.39 is 16.0 Å². The zero-order chi connectivity index (χ0) is 21.8. The molecule has 3 aromatic carbocycles. The van der Waals surface area contributed by atoms with E-state index in [9.17, 15) is 13.2 Å². The van der Waals surface area contributed by atoms with Crippen molar-refractivity contribution in [2.75, 3.05) is 6.54 Å². The van der Waals surface area contributed by atoms with Crippen LogP contribution < -0.4 is 4.72 Å². The number of hydrogen-bond acceptors (Lipinski definition) is 4. The highest BCUT2D eigenvalue weighted by atomic mass is 32.2. The standard InChI is InChI=1S/C24H27NO4S/c1-24(2,3)21-11-8-18(9-12-21)17-29-23(26)14-15-25-30(27,28)22-13-10-19-6-4-5-7-20(19)16-22/h4-13,16,25H,14-15,17H2,1-3H3. The third kappa shape index (κ3) is 5.68. The molecular weight excluding hydrogens is 398 g/mol. The lowest BCUT2D eigenvalue weighted by Gasteiger charge is -2.19. The van der Waals surface area contributed by atoms with Gasteiger partial charge in [0.15, 0.2) is 0 Å². The average molecular weight is 426 g/mol. The van der Waals surface area contributed by atoms with Crippen molar-refractivity contribution in [1.29, 1.82) is 0 Å². The molecule has 0 aliphatic rings. The molecule has 0 saturated carbocycles. The SMILES string of the molecule is CC(C)(C)c1ccc(COC(=O)CCNS(=O)(=O)c2ccc3ccccc3c2)cc1. The molecule has 0 radical (unpaired) electrons. The summed E-state index contributed by atoms with van der Waals surface area (Å²) in [5, 5.41) is 1.81. The van der Waals surface area contributed by atoms with E-state index in [4.69, 9.17) is 4.74 Å². The Hall–Kier alpha value is -2.70. The van der Waals surface area contributed by atoms with Gasteiger partial charge in [0.2, 0.25) is 10.0 Å². The first kappa shape index (κ1) is 22.0. The summed E-state index contributed by atoms with van der Waals surface area (Å²) in [6.45, 7) is 6.57. The number of rotatable bonds is 7. The second kappa shape index (κ2) is 8.98. The van der Waals surface area contributed by atoms with Gasteiger partial charge >= 0.3 is 5.97 Å². The summed E-state index contributed by atoms with van der Waals surface area (Å²) in [5.74, 6) is -0.448. The van der Waals surface area contributed by atoms with Crippen molar-refractivity contribution in [3.63, 3.8) is 0 Å². The Balaban J connectivity index is 1.49. The van der Waals surface area contributed by atoms with Gasteiger partial charge in [-0.15, -0.1) is 0 Å². The Labute approximate surface area is 178 Å². The van der Waals surface area contributed by atoms with Gasteiger partial charge in [-0.1, -0.05) is 75.4 Å². The summed E-state index contributed by atoms with van der Waals surface area (Å²) in [4.78, 5) is 12.2. The molecule has 0 aliphatic carbocycles. The summed E-state index contributed by atoms with van der Waals surface area (Å²) in [5.41, 5.74) is 2.17. The first-order valence-electron chi connectivity index (χ1n) is 9.89. The van der Waals surface area contributed by atoms with Gasteiger partial charge in [-0.3, -0.25) is 4.79 Å². The number of fused-ring (bicyclic) bond motifs is 1. The van der Waals surface area contributed by atoms with Gasteiger partial charge in [-0.05, 0) is 39.4 Å². The summed E-state index contributed by atoms with van der Waals surface area (Å²) in [7, 11) is -3.69. The van der Waals surface area contributed by atoms with Crippen molar-refractivity contribution in [1.82, 2.24) is 4.72 Å². The molecule has 0 heterocycles. The monoisotopic (exact) mass is 425 g/mol. The second-order valence-corrected chi connectivity index (χ2v) is 10.0. The zero-order valence-electron chi connectivity index (χ0n) is 17.5. The van der Waals surface area contributed by atoms with Crippen LogP contribution in [0.25, 0.3) is 10.8 Å². The molecule has 0 spiro atoms. The third-order valence-corrected chi connectivity index (χ3v) is 6.33. The van der Waals surface area contributed by atoms with Crippen LogP contribution in [0.3, 0.4) is 0 Å². The lowest BCUT2D eigenvalue weighted by Crippen LogP contribution is -2.26. The third-order valence-electron chi connectivity index (χ3n) is 4.87. The normalized spacial score (nSPS) is 12.1. The van der Waals surface area contributed by atoms with Crippen LogP contribution in [0.4, 0.5) is 0 Å². The van der Waals surface area contributed by atoms with E-state index in [2.05, 4.69) is 25.5 Å². The Kier molecular flexibility index (Phi) is 6.58. The molecule has 0 aromatic heterocycles. The molecule has 1 N–H and O–H groups in total. The number of esters is 1. The lowest BCUT2D eigenvalue weighted by molar-refractivity contribution is -0.144. The smallest absolute Gasteiger partial charge is 0.307 e. The van der Waals surface area contributed by atoms with Crippen molar-refractivity contribution in [3.8, 4) is 0 Å². The van der Waals surface area contributed by atoms with Crippen molar-refractivity contribution in [3.05, 3.63) is 77.9 Å². The van der Waals surface area contributed by atoms with Crippen molar-refractivity contribution < 1.29 is 17.9 Å². The Morgan fingerprint density at radius 1 is 0.933 bits per heavy atom. The number of carbonyl (C=O) groups excluding carboxylic acids is 1. The molecule has 0 unspecified atom stereocenters. The molecule has 0 bridgehead atoms. The minimum atomic E-state index is -3.69. The van der Waals surface area contributed by atoms with E-state index in [0.717, 1.165) is 16.3 Å². The molecule has 0 fully saturated rings. The van der Waals surface area contributed by atoms with Crippen LogP contribution >= 0.6 is 0 Å². The molecule has 3 rings (SSSR count). The van der Waals surface area contributed by atoms with Gasteiger partial charge in [0, 0.05) is 6.54 Å². The van der Waals surface area contributed by atoms with Gasteiger partial charge in [0.05, 0.1) is 11.3 Å². The van der Waals surface area contributed by atoms with E-state index in [1.165, 1.54) is 5.56 Å². The van der Waals surface area contributed by atoms with Crippen molar-refractivity contribution in [2.45, 2.75) is 44.1 Å². The summed E-state index contributed by atoms with van der Waals surface area (Å²) in [6.07, 6.45) is -0.0348. The number of benzene rings is 3. The van der Waals surface area contributed by atoms with Crippen LogP contribution in [0, 0.1) is 0 Å². The Bertz CT molecular complexity index is 1130. The highest BCUT2D eigenvalue weighted by Crippen LogP contribution is 2.22. The molecule has 0 amide bonds. The predicted octanol–water partition coefficient (Wildman–Crippen LogP) is 4.55. The van der Waals surface area contributed by atoms with Gasteiger partial charge in [0.1, 0.15) is 6.61 Å². The van der Waals surface area contributed by atoms with Gasteiger partial charge in [-0.2, -0.15) is 0 Å². The molecule has 0 atom stereocenters. The largest absolute Gasteiger partial charge is 0.461 e. The van der Waals surface area contributed by atoms with Crippen LogP contribution in [0.1, 0.15) is 38.3 Å². The van der Waals surface area contributed by atoms with Gasteiger partial charge in [-0.25, -0.2) is 13.1 Å². The van der Waals surface area contributed by atoms with Gasteiger partial charge in [0.25, 0.3) is 0 Å². The fourth-order valence-electron chi connectivity index (χ4n) is 3.04. The maximum Gasteiger partial charge on any atom is 0.307 e. The summed E-state index contributed by atoms with van der Waals surface area (Å²) < 4.78 is 32.7. The van der Waals surface area contributed by atoms with Crippen LogP contribution in [0.2, 0.25) is 0 Å².